The number of amides is 1. The summed E-state index contributed by atoms with van der Waals surface area (Å²) in [6.45, 7) is 0. The number of carboxylic acid groups (broad SMARTS) is 1. The van der Waals surface area contributed by atoms with E-state index < -0.39 is 5.97 Å². The first-order valence-corrected chi connectivity index (χ1v) is 7.11. The Balaban J connectivity index is 1.73. The Labute approximate surface area is 136 Å². The van der Waals surface area contributed by atoms with E-state index in [1.165, 1.54) is 6.26 Å². The van der Waals surface area contributed by atoms with Crippen LogP contribution in [-0.4, -0.2) is 27.2 Å². The van der Waals surface area contributed by atoms with Gasteiger partial charge in [-0.1, -0.05) is 6.07 Å². The number of hydrogen-bond donors (Lipinski definition) is 2. The maximum Gasteiger partial charge on any atom is 0.303 e. The van der Waals surface area contributed by atoms with Gasteiger partial charge in [-0.05, 0) is 30.3 Å². The summed E-state index contributed by atoms with van der Waals surface area (Å²) in [5, 5.41) is 19.1. The average Bonchev–Trinajstić information content (AvgIpc) is 3.24. The monoisotopic (exact) mass is 327 g/mol. The lowest BCUT2D eigenvalue weighted by atomic mass is 10.2. The highest BCUT2D eigenvalue weighted by atomic mass is 16.4. The predicted octanol–water partition coefficient (Wildman–Crippen LogP) is 2.80. The molecule has 0 aliphatic carbocycles. The van der Waals surface area contributed by atoms with Gasteiger partial charge in [-0.25, -0.2) is 0 Å². The van der Waals surface area contributed by atoms with Crippen LogP contribution in [0.5, 0.6) is 0 Å². The Morgan fingerprint density at radius 2 is 1.92 bits per heavy atom. The van der Waals surface area contributed by atoms with Gasteiger partial charge in [0.25, 0.3) is 5.89 Å². The number of carboxylic acids is 1. The maximum atomic E-state index is 11.7. The molecule has 2 heterocycles. The quantitative estimate of drug-likeness (QED) is 0.714. The van der Waals surface area contributed by atoms with Crippen LogP contribution in [0.2, 0.25) is 0 Å². The number of benzene rings is 1. The molecule has 0 radical (unpaired) electrons. The summed E-state index contributed by atoms with van der Waals surface area (Å²) in [4.78, 5) is 22.2. The first kappa shape index (κ1) is 15.5. The largest absolute Gasteiger partial charge is 0.481 e. The van der Waals surface area contributed by atoms with Crippen LogP contribution in [0.15, 0.2) is 51.5 Å². The van der Waals surface area contributed by atoms with Crippen molar-refractivity contribution in [2.75, 3.05) is 5.32 Å². The third kappa shape index (κ3) is 3.67. The SMILES string of the molecule is O=C(O)CCC(=O)Nc1cccc(-c2nnc(-c3ccco3)o2)c1. The van der Waals surface area contributed by atoms with Crippen LogP contribution in [0.25, 0.3) is 23.1 Å². The highest BCUT2D eigenvalue weighted by Crippen LogP contribution is 2.25. The number of carbonyl (C=O) groups excluding carboxylic acids is 1. The Morgan fingerprint density at radius 1 is 1.08 bits per heavy atom. The van der Waals surface area contributed by atoms with Crippen molar-refractivity contribution in [3.63, 3.8) is 0 Å². The number of nitrogens with zero attached hydrogens (tertiary/aromatic N) is 2. The number of aromatic nitrogens is 2. The molecule has 0 bridgehead atoms. The second-order valence-electron chi connectivity index (χ2n) is 4.91. The maximum absolute atomic E-state index is 11.7. The second-order valence-corrected chi connectivity index (χ2v) is 4.91. The number of carbonyl (C=O) groups is 2. The molecule has 3 aromatic rings. The molecule has 2 N–H and O–H groups in total. The molecule has 24 heavy (non-hydrogen) atoms. The standard InChI is InChI=1S/C16H13N3O5/c20-13(6-7-14(21)22)17-11-4-1-3-10(9-11)15-18-19-16(24-15)12-5-2-8-23-12/h1-5,8-9H,6-7H2,(H,17,20)(H,21,22). The first-order chi connectivity index (χ1) is 11.6. The van der Waals surface area contributed by atoms with Gasteiger partial charge in [0.2, 0.25) is 11.8 Å². The van der Waals surface area contributed by atoms with E-state index in [9.17, 15) is 9.59 Å². The van der Waals surface area contributed by atoms with Gasteiger partial charge < -0.3 is 19.3 Å². The molecule has 0 fully saturated rings. The van der Waals surface area contributed by atoms with Crippen molar-refractivity contribution in [3.8, 4) is 23.1 Å². The molecule has 0 unspecified atom stereocenters. The Bertz CT molecular complexity index is 854. The summed E-state index contributed by atoms with van der Waals surface area (Å²) in [7, 11) is 0. The van der Waals surface area contributed by atoms with Gasteiger partial charge in [0.1, 0.15) is 0 Å². The highest BCUT2D eigenvalue weighted by Gasteiger charge is 2.13. The molecule has 1 amide bonds. The topological polar surface area (TPSA) is 118 Å². The van der Waals surface area contributed by atoms with Gasteiger partial charge in [-0.3, -0.25) is 9.59 Å². The Hall–Kier alpha value is -3.42. The minimum Gasteiger partial charge on any atom is -0.481 e. The molecule has 8 heteroatoms. The van der Waals surface area contributed by atoms with Crippen LogP contribution >= 0.6 is 0 Å². The number of aliphatic carboxylic acids is 1. The van der Waals surface area contributed by atoms with Gasteiger partial charge in [0.15, 0.2) is 5.76 Å². The minimum atomic E-state index is -1.02. The molecular weight excluding hydrogens is 314 g/mol. The van der Waals surface area contributed by atoms with E-state index in [4.69, 9.17) is 13.9 Å². The lowest BCUT2D eigenvalue weighted by molar-refractivity contribution is -0.138. The molecule has 0 spiro atoms. The molecule has 0 aliphatic rings. The predicted molar refractivity (Wildman–Crippen MR) is 82.9 cm³/mol. The first-order valence-electron chi connectivity index (χ1n) is 7.11. The molecule has 1 aromatic carbocycles. The molecule has 0 saturated heterocycles. The lowest BCUT2D eigenvalue weighted by Gasteiger charge is -2.05. The van der Waals surface area contributed by atoms with Crippen LogP contribution < -0.4 is 5.32 Å². The van der Waals surface area contributed by atoms with Crippen molar-refractivity contribution < 1.29 is 23.5 Å². The highest BCUT2D eigenvalue weighted by molar-refractivity contribution is 5.92. The molecular formula is C16H13N3O5. The third-order valence-corrected chi connectivity index (χ3v) is 3.12. The van der Waals surface area contributed by atoms with Crippen LogP contribution in [0, 0.1) is 0 Å². The van der Waals surface area contributed by atoms with Crippen LogP contribution in [0.1, 0.15) is 12.8 Å². The summed E-state index contributed by atoms with van der Waals surface area (Å²) in [5.41, 5.74) is 1.14. The number of hydrogen-bond acceptors (Lipinski definition) is 6. The summed E-state index contributed by atoms with van der Waals surface area (Å²) >= 11 is 0. The zero-order valence-electron chi connectivity index (χ0n) is 12.4. The zero-order valence-corrected chi connectivity index (χ0v) is 12.4. The Kier molecular flexibility index (Phi) is 4.37. The van der Waals surface area contributed by atoms with E-state index in [0.29, 0.717) is 17.0 Å². The number of furan rings is 1. The minimum absolute atomic E-state index is 0.0945. The molecule has 0 saturated carbocycles. The van der Waals surface area contributed by atoms with Gasteiger partial charge in [-0.15, -0.1) is 10.2 Å². The number of rotatable bonds is 6. The van der Waals surface area contributed by atoms with Gasteiger partial charge in [0, 0.05) is 17.7 Å². The Morgan fingerprint density at radius 3 is 2.67 bits per heavy atom. The summed E-state index contributed by atoms with van der Waals surface area (Å²) in [6.07, 6.45) is 1.19. The summed E-state index contributed by atoms with van der Waals surface area (Å²) < 4.78 is 10.7. The van der Waals surface area contributed by atoms with Crippen LogP contribution in [-0.2, 0) is 9.59 Å². The van der Waals surface area contributed by atoms with E-state index in [1.807, 2.05) is 0 Å². The molecule has 122 valence electrons. The number of nitrogens with one attached hydrogen (secondary N) is 1. The van der Waals surface area contributed by atoms with Gasteiger partial charge >= 0.3 is 5.97 Å². The average molecular weight is 327 g/mol. The van der Waals surface area contributed by atoms with Gasteiger partial charge in [0.05, 0.1) is 12.7 Å². The zero-order chi connectivity index (χ0) is 16.9. The summed E-state index contributed by atoms with van der Waals surface area (Å²) in [5.74, 6) is -0.396. The third-order valence-electron chi connectivity index (χ3n) is 3.12. The molecule has 8 nitrogen and oxygen atoms in total. The normalized spacial score (nSPS) is 10.5. The van der Waals surface area contributed by atoms with Crippen molar-refractivity contribution in [3.05, 3.63) is 42.7 Å². The van der Waals surface area contributed by atoms with Crippen LogP contribution in [0.3, 0.4) is 0 Å². The van der Waals surface area contributed by atoms with Crippen molar-refractivity contribution in [2.45, 2.75) is 12.8 Å². The summed E-state index contributed by atoms with van der Waals surface area (Å²) in [6, 6.07) is 10.2. The molecule has 2 aromatic heterocycles. The fourth-order valence-electron chi connectivity index (χ4n) is 2.01. The second kappa shape index (κ2) is 6.78. The fraction of sp³-hybridized carbons (Fsp3) is 0.125. The van der Waals surface area contributed by atoms with E-state index in [1.54, 1.807) is 36.4 Å². The van der Waals surface area contributed by atoms with Crippen molar-refractivity contribution in [2.24, 2.45) is 0 Å². The number of anilines is 1. The molecule has 3 rings (SSSR count). The van der Waals surface area contributed by atoms with Crippen LogP contribution in [0.4, 0.5) is 5.69 Å². The van der Waals surface area contributed by atoms with Crippen molar-refractivity contribution in [1.29, 1.82) is 0 Å². The van der Waals surface area contributed by atoms with E-state index in [-0.39, 0.29) is 30.5 Å². The van der Waals surface area contributed by atoms with Crippen molar-refractivity contribution >= 4 is 17.6 Å². The fourth-order valence-corrected chi connectivity index (χ4v) is 2.01. The van der Waals surface area contributed by atoms with E-state index in [2.05, 4.69) is 15.5 Å². The smallest absolute Gasteiger partial charge is 0.303 e. The lowest BCUT2D eigenvalue weighted by Crippen LogP contribution is -2.13. The van der Waals surface area contributed by atoms with E-state index in [0.717, 1.165) is 0 Å². The van der Waals surface area contributed by atoms with Crippen molar-refractivity contribution in [1.82, 2.24) is 10.2 Å². The molecule has 0 atom stereocenters. The van der Waals surface area contributed by atoms with E-state index >= 15 is 0 Å². The van der Waals surface area contributed by atoms with Gasteiger partial charge in [-0.2, -0.15) is 0 Å². The molecule has 0 aliphatic heterocycles.